The van der Waals surface area contributed by atoms with Crippen LogP contribution in [0.5, 0.6) is 0 Å². The van der Waals surface area contributed by atoms with Crippen molar-refractivity contribution < 1.29 is 43.4 Å². The molecule has 0 unspecified atom stereocenters. The SMILES string of the molecule is F[B-](F)(F)F.F[B-](F)(F)F.c1cc[o+]cc1.c1cc[o+]cc1. The fraction of sp³-hybridized carbons (Fsp3) is 0. The molecule has 0 bridgehead atoms. The Morgan fingerprint density at radius 3 is 0.636 bits per heavy atom. The Morgan fingerprint density at radius 1 is 0.409 bits per heavy atom. The maximum absolute atomic E-state index is 9.75. The minimum atomic E-state index is -6.00. The first kappa shape index (κ1) is 22.2. The smallest absolute Gasteiger partial charge is 0.418 e. The van der Waals surface area contributed by atoms with Crippen LogP contribution in [0.25, 0.3) is 0 Å². The lowest BCUT2D eigenvalue weighted by Gasteiger charge is -1.94. The second-order valence-electron chi connectivity index (χ2n) is 2.96. The summed E-state index contributed by atoms with van der Waals surface area (Å²) >= 11 is 0. The lowest BCUT2D eigenvalue weighted by Crippen LogP contribution is -2.02. The maximum Gasteiger partial charge on any atom is 0.673 e. The molecule has 0 atom stereocenters. The van der Waals surface area contributed by atoms with Crippen LogP contribution < -0.4 is 0 Å². The molecular weight excluding hydrogens is 326 g/mol. The monoisotopic (exact) mass is 336 g/mol. The minimum Gasteiger partial charge on any atom is -0.418 e. The van der Waals surface area contributed by atoms with Crippen LogP contribution in [0.3, 0.4) is 0 Å². The van der Waals surface area contributed by atoms with Gasteiger partial charge in [0.15, 0.2) is 0 Å². The van der Waals surface area contributed by atoms with E-state index in [1.807, 2.05) is 36.4 Å². The van der Waals surface area contributed by atoms with Gasteiger partial charge in [-0.3, -0.25) is 0 Å². The van der Waals surface area contributed by atoms with Gasteiger partial charge in [0, 0.05) is 24.3 Å². The molecular formula is C10H10B2F8O2. The topological polar surface area (TPSA) is 22.6 Å². The van der Waals surface area contributed by atoms with E-state index in [0.29, 0.717) is 0 Å². The minimum absolute atomic E-state index is 1.62. The standard InChI is InChI=1S/2C5H5O.2BF4/c2*1-2-4-6-5-3-1;2*2-1(3,4)5/h2*1-5H;;/q2*+1;2*-1. The third-order valence-electron chi connectivity index (χ3n) is 1.07. The molecule has 12 heteroatoms. The van der Waals surface area contributed by atoms with E-state index in [-0.39, 0.29) is 0 Å². The molecule has 0 saturated heterocycles. The highest BCUT2D eigenvalue weighted by Crippen LogP contribution is 2.07. The number of hydrogen-bond donors (Lipinski definition) is 0. The van der Waals surface area contributed by atoms with Gasteiger partial charge in [0.25, 0.3) is 0 Å². The first-order valence-electron chi connectivity index (χ1n) is 5.36. The molecule has 2 rings (SSSR count). The maximum atomic E-state index is 9.75. The van der Waals surface area contributed by atoms with E-state index >= 15 is 0 Å². The largest absolute Gasteiger partial charge is 0.673 e. The molecule has 2 aromatic heterocycles. The normalized spacial score (nSPS) is 9.82. The highest BCUT2D eigenvalue weighted by atomic mass is 19.5. The van der Waals surface area contributed by atoms with Gasteiger partial charge in [-0.05, 0) is 12.1 Å². The lowest BCUT2D eigenvalue weighted by atomic mass is 10.3. The third-order valence-corrected chi connectivity index (χ3v) is 1.07. The van der Waals surface area contributed by atoms with E-state index in [0.717, 1.165) is 0 Å². The molecule has 0 aromatic carbocycles. The summed E-state index contributed by atoms with van der Waals surface area (Å²) in [5.41, 5.74) is 0. The van der Waals surface area contributed by atoms with Crippen molar-refractivity contribution >= 4 is 14.5 Å². The molecule has 0 spiro atoms. The second-order valence-corrected chi connectivity index (χ2v) is 2.96. The van der Waals surface area contributed by atoms with E-state index in [9.17, 15) is 34.5 Å². The van der Waals surface area contributed by atoms with Crippen molar-refractivity contribution in [3.8, 4) is 0 Å². The Bertz CT molecular complexity index is 329. The molecule has 124 valence electrons. The summed E-state index contributed by atoms with van der Waals surface area (Å²) in [6.45, 7) is 0. The van der Waals surface area contributed by atoms with Crippen molar-refractivity contribution in [2.24, 2.45) is 0 Å². The fourth-order valence-electron chi connectivity index (χ4n) is 0.582. The van der Waals surface area contributed by atoms with E-state index in [4.69, 9.17) is 0 Å². The second kappa shape index (κ2) is 12.6. The van der Waals surface area contributed by atoms with Crippen LogP contribution >= 0.6 is 0 Å². The third kappa shape index (κ3) is 52.2. The molecule has 22 heavy (non-hydrogen) atoms. The Kier molecular flexibility index (Phi) is 12.7. The predicted octanol–water partition coefficient (Wildman–Crippen LogP) is 5.72. The first-order chi connectivity index (χ1) is 10.0. The molecule has 0 radical (unpaired) electrons. The highest BCUT2D eigenvalue weighted by molar-refractivity contribution is 6.50. The summed E-state index contributed by atoms with van der Waals surface area (Å²) in [7, 11) is -12.0. The molecule has 0 aliphatic rings. The van der Waals surface area contributed by atoms with Gasteiger partial charge in [-0.2, -0.15) is 0 Å². The van der Waals surface area contributed by atoms with Crippen molar-refractivity contribution in [1.82, 2.24) is 0 Å². The summed E-state index contributed by atoms with van der Waals surface area (Å²) in [6, 6.07) is 11.1. The van der Waals surface area contributed by atoms with Crippen LogP contribution in [-0.2, 0) is 0 Å². The van der Waals surface area contributed by atoms with Crippen molar-refractivity contribution in [3.05, 3.63) is 61.5 Å². The van der Waals surface area contributed by atoms with Gasteiger partial charge in [0.05, 0.1) is 0 Å². The van der Waals surface area contributed by atoms with Crippen LogP contribution in [0.1, 0.15) is 0 Å². The average Bonchev–Trinajstić information content (AvgIpc) is 2.40. The number of halogens is 8. The molecule has 0 fully saturated rings. The van der Waals surface area contributed by atoms with Crippen LogP contribution in [-0.4, -0.2) is 14.5 Å². The van der Waals surface area contributed by atoms with Gasteiger partial charge in [0.2, 0.25) is 0 Å². The Labute approximate surface area is 120 Å². The van der Waals surface area contributed by atoms with Crippen LogP contribution in [0.4, 0.5) is 34.5 Å². The van der Waals surface area contributed by atoms with Gasteiger partial charge >= 0.3 is 39.6 Å². The Balaban J connectivity index is 0. The van der Waals surface area contributed by atoms with Gasteiger partial charge < -0.3 is 34.5 Å². The van der Waals surface area contributed by atoms with Gasteiger partial charge in [-0.1, -0.05) is 0 Å². The van der Waals surface area contributed by atoms with E-state index in [2.05, 4.69) is 8.83 Å². The average molecular weight is 336 g/mol. The Hall–Kier alpha value is -2.13. The molecule has 0 saturated carbocycles. The summed E-state index contributed by atoms with van der Waals surface area (Å²) < 4.78 is 87.4. The summed E-state index contributed by atoms with van der Waals surface area (Å²) in [5, 5.41) is 0. The quantitative estimate of drug-likeness (QED) is 0.349. The van der Waals surface area contributed by atoms with Crippen molar-refractivity contribution in [2.45, 2.75) is 0 Å². The van der Waals surface area contributed by atoms with Crippen molar-refractivity contribution in [3.63, 3.8) is 0 Å². The summed E-state index contributed by atoms with van der Waals surface area (Å²) in [4.78, 5) is 0. The van der Waals surface area contributed by atoms with Gasteiger partial charge in [-0.25, -0.2) is 8.83 Å². The molecule has 2 nitrogen and oxygen atoms in total. The molecule has 0 aliphatic heterocycles. The van der Waals surface area contributed by atoms with E-state index < -0.39 is 14.5 Å². The molecule has 0 amide bonds. The lowest BCUT2D eigenvalue weighted by molar-refractivity contribution is 0.366. The summed E-state index contributed by atoms with van der Waals surface area (Å²) in [5.74, 6) is 0. The highest BCUT2D eigenvalue weighted by Gasteiger charge is 2.21. The van der Waals surface area contributed by atoms with Gasteiger partial charge in [0.1, 0.15) is 0 Å². The van der Waals surface area contributed by atoms with E-state index in [1.165, 1.54) is 0 Å². The molecule has 0 aliphatic carbocycles. The zero-order valence-electron chi connectivity index (χ0n) is 10.8. The number of hydrogen-bond acceptors (Lipinski definition) is 0. The zero-order chi connectivity index (χ0) is 17.5. The van der Waals surface area contributed by atoms with Crippen LogP contribution in [0, 0.1) is 0 Å². The van der Waals surface area contributed by atoms with E-state index in [1.54, 1.807) is 25.1 Å². The van der Waals surface area contributed by atoms with Gasteiger partial charge in [-0.15, -0.1) is 0 Å². The Morgan fingerprint density at radius 2 is 0.591 bits per heavy atom. The first-order valence-corrected chi connectivity index (χ1v) is 5.36. The zero-order valence-corrected chi connectivity index (χ0v) is 10.8. The van der Waals surface area contributed by atoms with Crippen molar-refractivity contribution in [1.29, 1.82) is 0 Å². The van der Waals surface area contributed by atoms with Crippen LogP contribution in [0.2, 0.25) is 0 Å². The summed E-state index contributed by atoms with van der Waals surface area (Å²) in [6.07, 6.45) is 6.50. The number of rotatable bonds is 0. The molecule has 0 N–H and O–H groups in total. The molecule has 2 heterocycles. The predicted molar refractivity (Wildman–Crippen MR) is 66.6 cm³/mol. The molecule has 2 aromatic rings. The van der Waals surface area contributed by atoms with Crippen LogP contribution in [0.15, 0.2) is 70.3 Å². The van der Waals surface area contributed by atoms with Crippen molar-refractivity contribution in [2.75, 3.05) is 0 Å². The fourth-order valence-corrected chi connectivity index (χ4v) is 0.582.